The standard InChI is InChI=1S/C35H47N5O9/c1-23(41)40-30(34(46)37-2)10-6-7-17-38-31(43)16-13-26(20-32(44)49-22-25-8-4-3-5-9-25)33(45)39-21-29(42)19-27(35(47)48)18-24-11-14-28(36)15-12-24/h3-5,8-9,11-12,14-15,26-27,30H,6-7,10,13,16-22,36H2,1-2H3,(H,37,46)(H,38,43)(H,39,45)(H,40,41)(H,47,48)/t26-,27-,30+/m1/s1. The molecule has 0 aromatic heterocycles. The number of aliphatic carboxylic acids is 1. The normalized spacial score (nSPS) is 12.4. The molecule has 266 valence electrons. The quantitative estimate of drug-likeness (QED) is 0.0599. The Balaban J connectivity index is 1.91. The molecule has 3 atom stereocenters. The molecule has 0 heterocycles. The lowest BCUT2D eigenvalue weighted by Gasteiger charge is -2.17. The Morgan fingerprint density at radius 1 is 0.816 bits per heavy atom. The lowest BCUT2D eigenvalue weighted by atomic mass is 9.94. The first-order valence-electron chi connectivity index (χ1n) is 16.2. The fourth-order valence-electron chi connectivity index (χ4n) is 4.97. The molecule has 0 unspecified atom stereocenters. The number of benzene rings is 2. The minimum Gasteiger partial charge on any atom is -0.481 e. The van der Waals surface area contributed by atoms with Crippen molar-refractivity contribution >= 4 is 47.0 Å². The van der Waals surface area contributed by atoms with Crippen LogP contribution in [0.4, 0.5) is 5.69 Å². The van der Waals surface area contributed by atoms with Crippen molar-refractivity contribution in [2.24, 2.45) is 11.8 Å². The average Bonchev–Trinajstić information content (AvgIpc) is 3.07. The number of ether oxygens (including phenoxy) is 1. The molecule has 2 aromatic carbocycles. The van der Waals surface area contributed by atoms with Gasteiger partial charge in [0.05, 0.1) is 18.9 Å². The van der Waals surface area contributed by atoms with Gasteiger partial charge in [0, 0.05) is 45.0 Å². The van der Waals surface area contributed by atoms with Crippen molar-refractivity contribution < 1.29 is 43.4 Å². The topological polar surface area (TPSA) is 223 Å². The van der Waals surface area contributed by atoms with Crippen LogP contribution in [-0.4, -0.2) is 72.6 Å². The molecule has 0 aliphatic rings. The number of amides is 4. The lowest BCUT2D eigenvalue weighted by Crippen LogP contribution is -2.44. The molecule has 49 heavy (non-hydrogen) atoms. The van der Waals surface area contributed by atoms with E-state index >= 15 is 0 Å². The number of anilines is 1. The third-order valence-corrected chi connectivity index (χ3v) is 7.67. The summed E-state index contributed by atoms with van der Waals surface area (Å²) >= 11 is 0. The molecular formula is C35H47N5O9. The number of carbonyl (C=O) groups is 7. The maximum Gasteiger partial charge on any atom is 0.307 e. The number of hydrogen-bond donors (Lipinski definition) is 6. The molecule has 0 aliphatic heterocycles. The van der Waals surface area contributed by atoms with Crippen molar-refractivity contribution in [3.05, 3.63) is 65.7 Å². The second-order valence-electron chi connectivity index (χ2n) is 11.7. The Kier molecular flexibility index (Phi) is 17.6. The highest BCUT2D eigenvalue weighted by Crippen LogP contribution is 2.17. The molecule has 0 saturated carbocycles. The van der Waals surface area contributed by atoms with Gasteiger partial charge in [-0.25, -0.2) is 0 Å². The summed E-state index contributed by atoms with van der Waals surface area (Å²) in [4.78, 5) is 86.2. The highest BCUT2D eigenvalue weighted by molar-refractivity contribution is 5.91. The number of hydrogen-bond acceptors (Lipinski definition) is 9. The molecule has 0 saturated heterocycles. The number of nitrogen functional groups attached to an aromatic ring is 1. The van der Waals surface area contributed by atoms with Gasteiger partial charge >= 0.3 is 11.9 Å². The third kappa shape index (κ3) is 16.4. The summed E-state index contributed by atoms with van der Waals surface area (Å²) in [5, 5.41) is 20.0. The fraction of sp³-hybridized carbons (Fsp3) is 0.457. The Morgan fingerprint density at radius 3 is 2.14 bits per heavy atom. The fourth-order valence-corrected chi connectivity index (χ4v) is 4.97. The number of nitrogens with one attached hydrogen (secondary N) is 4. The average molecular weight is 682 g/mol. The third-order valence-electron chi connectivity index (χ3n) is 7.67. The van der Waals surface area contributed by atoms with Crippen molar-refractivity contribution in [3.8, 4) is 0 Å². The van der Waals surface area contributed by atoms with Crippen LogP contribution in [0.25, 0.3) is 0 Å². The van der Waals surface area contributed by atoms with E-state index in [0.29, 0.717) is 37.1 Å². The SMILES string of the molecule is CNC(=O)[C@H](CCCCNC(=O)CC[C@H](CC(=O)OCc1ccccc1)C(=O)NCC(=O)C[C@@H](Cc1ccc(N)cc1)C(=O)O)NC(C)=O. The maximum atomic E-state index is 13.1. The van der Waals surface area contributed by atoms with Gasteiger partial charge < -0.3 is 36.8 Å². The van der Waals surface area contributed by atoms with Gasteiger partial charge in [0.1, 0.15) is 12.6 Å². The van der Waals surface area contributed by atoms with E-state index in [1.807, 2.05) is 6.07 Å². The number of carbonyl (C=O) groups excluding carboxylic acids is 6. The molecule has 0 aliphatic carbocycles. The molecule has 0 radical (unpaired) electrons. The number of Topliss-reactive ketones (excluding diaryl/α,β-unsaturated/α-hetero) is 1. The van der Waals surface area contributed by atoms with Crippen LogP contribution in [0.2, 0.25) is 0 Å². The Labute approximate surface area is 285 Å². The number of rotatable bonds is 22. The summed E-state index contributed by atoms with van der Waals surface area (Å²) in [6.07, 6.45) is 0.815. The van der Waals surface area contributed by atoms with Gasteiger partial charge in [-0.15, -0.1) is 0 Å². The highest BCUT2D eigenvalue weighted by Gasteiger charge is 2.26. The monoisotopic (exact) mass is 681 g/mol. The van der Waals surface area contributed by atoms with Crippen LogP contribution in [0.5, 0.6) is 0 Å². The summed E-state index contributed by atoms with van der Waals surface area (Å²) in [5.41, 5.74) is 7.66. The van der Waals surface area contributed by atoms with Crippen LogP contribution in [-0.2, 0) is 51.3 Å². The maximum absolute atomic E-state index is 13.1. The minimum absolute atomic E-state index is 0.000275. The van der Waals surface area contributed by atoms with E-state index in [1.165, 1.54) is 14.0 Å². The Hall–Kier alpha value is -5.27. The van der Waals surface area contributed by atoms with Gasteiger partial charge in [-0.3, -0.25) is 33.6 Å². The molecule has 7 N–H and O–H groups in total. The minimum atomic E-state index is -1.15. The summed E-state index contributed by atoms with van der Waals surface area (Å²) in [6, 6.07) is 15.0. The first-order chi connectivity index (χ1) is 23.4. The van der Waals surface area contributed by atoms with E-state index < -0.39 is 48.1 Å². The number of carboxylic acid groups (broad SMARTS) is 1. The van der Waals surface area contributed by atoms with Crippen LogP contribution < -0.4 is 27.0 Å². The molecule has 2 rings (SSSR count). The number of likely N-dealkylation sites (N-methyl/N-ethyl adjacent to an activating group) is 1. The molecular weight excluding hydrogens is 634 g/mol. The van der Waals surface area contributed by atoms with Crippen LogP contribution in [0.15, 0.2) is 54.6 Å². The van der Waals surface area contributed by atoms with Crippen LogP contribution in [0.3, 0.4) is 0 Å². The largest absolute Gasteiger partial charge is 0.481 e. The summed E-state index contributed by atoms with van der Waals surface area (Å²) in [7, 11) is 1.48. The highest BCUT2D eigenvalue weighted by atomic mass is 16.5. The van der Waals surface area contributed by atoms with E-state index in [1.54, 1.807) is 48.5 Å². The van der Waals surface area contributed by atoms with Crippen LogP contribution in [0, 0.1) is 11.8 Å². The number of unbranched alkanes of at least 4 members (excludes halogenated alkanes) is 1. The van der Waals surface area contributed by atoms with Gasteiger partial charge in [-0.1, -0.05) is 42.5 Å². The van der Waals surface area contributed by atoms with E-state index in [2.05, 4.69) is 21.3 Å². The Bertz CT molecular complexity index is 1420. The molecule has 0 fully saturated rings. The summed E-state index contributed by atoms with van der Waals surface area (Å²) in [5.74, 6) is -5.95. The van der Waals surface area contributed by atoms with Crippen molar-refractivity contribution in [2.45, 2.75) is 70.9 Å². The first-order valence-corrected chi connectivity index (χ1v) is 16.2. The molecule has 0 bridgehead atoms. The van der Waals surface area contributed by atoms with Crippen molar-refractivity contribution in [2.75, 3.05) is 25.9 Å². The number of carboxylic acids is 1. The van der Waals surface area contributed by atoms with Gasteiger partial charge in [-0.05, 0) is 55.4 Å². The Morgan fingerprint density at radius 2 is 1.51 bits per heavy atom. The van der Waals surface area contributed by atoms with Crippen LogP contribution >= 0.6 is 0 Å². The molecule has 4 amide bonds. The van der Waals surface area contributed by atoms with Crippen LogP contribution in [0.1, 0.15) is 63.0 Å². The summed E-state index contributed by atoms with van der Waals surface area (Å²) in [6.45, 7) is 1.18. The summed E-state index contributed by atoms with van der Waals surface area (Å²) < 4.78 is 5.33. The van der Waals surface area contributed by atoms with E-state index in [0.717, 1.165) is 5.56 Å². The number of nitrogens with two attached hydrogens (primary N) is 1. The predicted molar refractivity (Wildman–Crippen MR) is 180 cm³/mol. The zero-order valence-electron chi connectivity index (χ0n) is 28.0. The molecule has 2 aromatic rings. The van der Waals surface area contributed by atoms with Crippen molar-refractivity contribution in [1.82, 2.24) is 21.3 Å². The van der Waals surface area contributed by atoms with Gasteiger partial charge in [-0.2, -0.15) is 0 Å². The van der Waals surface area contributed by atoms with Crippen molar-refractivity contribution in [3.63, 3.8) is 0 Å². The van der Waals surface area contributed by atoms with Gasteiger partial charge in [0.2, 0.25) is 23.6 Å². The number of esters is 1. The van der Waals surface area contributed by atoms with Crippen molar-refractivity contribution in [1.29, 1.82) is 0 Å². The van der Waals surface area contributed by atoms with Gasteiger partial charge in [0.25, 0.3) is 0 Å². The molecule has 0 spiro atoms. The van der Waals surface area contributed by atoms with E-state index in [-0.39, 0.29) is 56.4 Å². The second kappa shape index (κ2) is 21.6. The first kappa shape index (κ1) is 39.9. The van der Waals surface area contributed by atoms with E-state index in [4.69, 9.17) is 10.5 Å². The second-order valence-corrected chi connectivity index (χ2v) is 11.7. The molecule has 14 nitrogen and oxygen atoms in total. The lowest BCUT2D eigenvalue weighted by molar-refractivity contribution is -0.148. The van der Waals surface area contributed by atoms with E-state index in [9.17, 15) is 38.7 Å². The zero-order valence-corrected chi connectivity index (χ0v) is 28.0. The molecule has 14 heteroatoms. The zero-order chi connectivity index (χ0) is 36.2. The predicted octanol–water partition coefficient (Wildman–Crippen LogP) is 1.65. The van der Waals surface area contributed by atoms with Gasteiger partial charge in [0.15, 0.2) is 5.78 Å². The smallest absolute Gasteiger partial charge is 0.307 e. The number of ketones is 1.